The van der Waals surface area contributed by atoms with E-state index in [9.17, 15) is 18.0 Å². The Hall–Kier alpha value is -2.94. The number of hydrogen-bond acceptors (Lipinski definition) is 4. The van der Waals surface area contributed by atoms with E-state index >= 15 is 0 Å². The summed E-state index contributed by atoms with van der Waals surface area (Å²) in [4.78, 5) is 11.7. The van der Waals surface area contributed by atoms with E-state index in [0.717, 1.165) is 46.0 Å². The number of ether oxygens (including phenoxy) is 1. The summed E-state index contributed by atoms with van der Waals surface area (Å²) in [6.45, 7) is 7.36. The zero-order valence-electron chi connectivity index (χ0n) is 18.7. The third-order valence-electron chi connectivity index (χ3n) is 5.26. The predicted octanol–water partition coefficient (Wildman–Crippen LogP) is 6.52. The lowest BCUT2D eigenvalue weighted by Crippen LogP contribution is -2.10. The average molecular weight is 479 g/mol. The summed E-state index contributed by atoms with van der Waals surface area (Å²) in [5.74, 6) is -0.507. The number of aliphatic carboxylic acids is 1. The highest BCUT2D eigenvalue weighted by Crippen LogP contribution is 2.42. The number of rotatable bonds is 8. The van der Waals surface area contributed by atoms with E-state index in [1.807, 2.05) is 32.9 Å². The summed E-state index contributed by atoms with van der Waals surface area (Å²) in [6.07, 6.45) is -3.56. The van der Waals surface area contributed by atoms with Crippen molar-refractivity contribution in [2.45, 2.75) is 50.4 Å². The van der Waals surface area contributed by atoms with Gasteiger partial charge in [-0.1, -0.05) is 6.92 Å². The number of thioether (sulfide) groups is 1. The Bertz CT molecular complexity index is 1140. The third-order valence-corrected chi connectivity index (χ3v) is 6.63. The molecule has 0 amide bonds. The van der Waals surface area contributed by atoms with Crippen molar-refractivity contribution in [3.8, 4) is 11.4 Å². The number of aromatic nitrogens is 2. The van der Waals surface area contributed by atoms with Gasteiger partial charge in [0, 0.05) is 21.4 Å². The molecule has 0 radical (unpaired) electrons. The number of halogens is 3. The lowest BCUT2D eigenvalue weighted by Gasteiger charge is -2.17. The number of hydrogen-bond donors (Lipinski definition) is 1. The fourth-order valence-electron chi connectivity index (χ4n) is 3.67. The molecule has 0 saturated heterocycles. The first-order valence-electron chi connectivity index (χ1n) is 10.4. The highest BCUT2D eigenvalue weighted by Gasteiger charge is 2.30. The second-order valence-electron chi connectivity index (χ2n) is 7.67. The maximum atomic E-state index is 12.9. The van der Waals surface area contributed by atoms with E-state index in [1.165, 1.54) is 12.1 Å². The summed E-state index contributed by atoms with van der Waals surface area (Å²) >= 11 is 1.66. The number of carboxylic acids is 1. The summed E-state index contributed by atoms with van der Waals surface area (Å²) in [6, 6.07) is 10.6. The first-order valence-corrected chi connectivity index (χ1v) is 11.2. The molecule has 1 aromatic heterocycles. The molecule has 0 spiro atoms. The van der Waals surface area contributed by atoms with Crippen molar-refractivity contribution in [2.75, 3.05) is 6.61 Å². The summed E-state index contributed by atoms with van der Waals surface area (Å²) in [5.41, 5.74) is 3.47. The Kier molecular flexibility index (Phi) is 7.41. The van der Waals surface area contributed by atoms with Gasteiger partial charge in [-0.25, -0.2) is 9.48 Å². The van der Waals surface area contributed by atoms with E-state index < -0.39 is 24.3 Å². The highest BCUT2D eigenvalue weighted by atomic mass is 32.2. The molecule has 9 heteroatoms. The van der Waals surface area contributed by atoms with Crippen LogP contribution in [0.2, 0.25) is 0 Å². The van der Waals surface area contributed by atoms with Crippen LogP contribution in [0.15, 0.2) is 47.4 Å². The van der Waals surface area contributed by atoms with Crippen molar-refractivity contribution in [2.24, 2.45) is 0 Å². The number of carboxylic acid groups (broad SMARTS) is 1. The fourth-order valence-corrected chi connectivity index (χ4v) is 5.02. The van der Waals surface area contributed by atoms with Gasteiger partial charge in [0.25, 0.3) is 0 Å². The van der Waals surface area contributed by atoms with E-state index in [1.54, 1.807) is 22.5 Å². The molecule has 1 unspecified atom stereocenters. The van der Waals surface area contributed by atoms with Crippen LogP contribution in [0.25, 0.3) is 5.69 Å². The molecule has 33 heavy (non-hydrogen) atoms. The van der Waals surface area contributed by atoms with Crippen LogP contribution in [0.4, 0.5) is 13.2 Å². The minimum Gasteiger partial charge on any atom is -0.482 e. The Balaban J connectivity index is 1.85. The number of nitrogens with zero attached hydrogens (tertiary/aromatic N) is 2. The standard InChI is InChI=1S/C24H25F3N2O3S/c1-5-21(33-19-10-11-20(14(2)12-19)32-13-22(30)31)23-15(3)28-29(16(23)4)18-8-6-17(7-9-18)24(25,26)27/h6-12,21H,5,13H2,1-4H3,(H,30,31). The van der Waals surface area contributed by atoms with Crippen LogP contribution in [0.3, 0.4) is 0 Å². The summed E-state index contributed by atoms with van der Waals surface area (Å²) in [7, 11) is 0. The van der Waals surface area contributed by atoms with Gasteiger partial charge in [0.1, 0.15) is 5.75 Å². The van der Waals surface area contributed by atoms with Crippen molar-refractivity contribution >= 4 is 17.7 Å². The molecule has 0 aliphatic heterocycles. The van der Waals surface area contributed by atoms with Crippen molar-refractivity contribution < 1.29 is 27.8 Å². The minimum absolute atomic E-state index is 0.0818. The number of alkyl halides is 3. The van der Waals surface area contributed by atoms with Crippen LogP contribution >= 0.6 is 11.8 Å². The van der Waals surface area contributed by atoms with E-state index in [2.05, 4.69) is 12.0 Å². The first kappa shape index (κ1) is 24.7. The van der Waals surface area contributed by atoms with Gasteiger partial charge in [-0.15, -0.1) is 11.8 Å². The Morgan fingerprint density at radius 2 is 1.82 bits per heavy atom. The smallest absolute Gasteiger partial charge is 0.416 e. The van der Waals surface area contributed by atoms with E-state index in [4.69, 9.17) is 9.84 Å². The highest BCUT2D eigenvalue weighted by molar-refractivity contribution is 7.99. The lowest BCUT2D eigenvalue weighted by molar-refractivity contribution is -0.139. The largest absolute Gasteiger partial charge is 0.482 e. The van der Waals surface area contributed by atoms with Gasteiger partial charge < -0.3 is 9.84 Å². The van der Waals surface area contributed by atoms with Crippen LogP contribution in [-0.4, -0.2) is 27.5 Å². The quantitative estimate of drug-likeness (QED) is 0.373. The SMILES string of the molecule is CCC(Sc1ccc(OCC(=O)O)c(C)c1)c1c(C)nn(-c2ccc(C(F)(F)F)cc2)c1C. The molecule has 3 aromatic rings. The second-order valence-corrected chi connectivity index (χ2v) is 8.94. The van der Waals surface area contributed by atoms with Gasteiger partial charge >= 0.3 is 12.1 Å². The zero-order chi connectivity index (χ0) is 24.3. The number of benzene rings is 2. The normalized spacial score (nSPS) is 12.6. The second kappa shape index (κ2) is 9.91. The molecule has 1 atom stereocenters. The van der Waals surface area contributed by atoms with Gasteiger partial charge in [-0.05, 0) is 75.2 Å². The monoisotopic (exact) mass is 478 g/mol. The van der Waals surface area contributed by atoms with Crippen LogP contribution in [0.5, 0.6) is 5.75 Å². The van der Waals surface area contributed by atoms with Crippen molar-refractivity contribution in [3.05, 3.63) is 70.5 Å². The lowest BCUT2D eigenvalue weighted by atomic mass is 10.1. The Morgan fingerprint density at radius 3 is 2.36 bits per heavy atom. The average Bonchev–Trinajstić information content (AvgIpc) is 3.04. The van der Waals surface area contributed by atoms with E-state index in [-0.39, 0.29) is 5.25 Å². The molecule has 0 fully saturated rings. The topological polar surface area (TPSA) is 64.3 Å². The zero-order valence-corrected chi connectivity index (χ0v) is 19.5. The van der Waals surface area contributed by atoms with Crippen LogP contribution in [0, 0.1) is 20.8 Å². The Labute approximate surface area is 194 Å². The molecule has 1 N–H and O–H groups in total. The molecular formula is C24H25F3N2O3S. The van der Waals surface area contributed by atoms with Gasteiger partial charge in [0.05, 0.1) is 16.9 Å². The Morgan fingerprint density at radius 1 is 1.15 bits per heavy atom. The molecule has 1 heterocycles. The van der Waals surface area contributed by atoms with Crippen LogP contribution < -0.4 is 4.74 Å². The van der Waals surface area contributed by atoms with Gasteiger partial charge in [0.2, 0.25) is 0 Å². The molecule has 0 bridgehead atoms. The first-order chi connectivity index (χ1) is 15.5. The maximum Gasteiger partial charge on any atom is 0.416 e. The van der Waals surface area contributed by atoms with Gasteiger partial charge in [-0.3, -0.25) is 0 Å². The summed E-state index contributed by atoms with van der Waals surface area (Å²) < 4.78 is 45.7. The van der Waals surface area contributed by atoms with Crippen molar-refractivity contribution in [1.29, 1.82) is 0 Å². The number of carbonyl (C=O) groups is 1. The predicted molar refractivity (Wildman–Crippen MR) is 121 cm³/mol. The third kappa shape index (κ3) is 5.71. The molecule has 176 valence electrons. The minimum atomic E-state index is -4.38. The van der Waals surface area contributed by atoms with Crippen molar-refractivity contribution in [1.82, 2.24) is 9.78 Å². The number of aryl methyl sites for hydroxylation is 2. The summed E-state index contributed by atoms with van der Waals surface area (Å²) in [5, 5.41) is 13.5. The molecule has 0 saturated carbocycles. The van der Waals surface area contributed by atoms with Gasteiger partial charge in [-0.2, -0.15) is 18.3 Å². The molecule has 0 aliphatic rings. The fraction of sp³-hybridized carbons (Fsp3) is 0.333. The van der Waals surface area contributed by atoms with Gasteiger partial charge in [0.15, 0.2) is 6.61 Å². The molecule has 3 rings (SSSR count). The maximum absolute atomic E-state index is 12.9. The molecule has 0 aliphatic carbocycles. The van der Waals surface area contributed by atoms with Crippen LogP contribution in [0.1, 0.15) is 46.7 Å². The van der Waals surface area contributed by atoms with E-state index in [0.29, 0.717) is 11.4 Å². The molecule has 5 nitrogen and oxygen atoms in total. The molecule has 2 aromatic carbocycles. The molecular weight excluding hydrogens is 453 g/mol. The van der Waals surface area contributed by atoms with Crippen molar-refractivity contribution in [3.63, 3.8) is 0 Å². The van der Waals surface area contributed by atoms with Crippen LogP contribution in [-0.2, 0) is 11.0 Å².